The number of hydrogen-bond donors (Lipinski definition) is 2. The largest absolute Gasteiger partial charge is 0.490 e. The Bertz CT molecular complexity index is 1090. The van der Waals surface area contributed by atoms with Crippen LogP contribution in [0.2, 0.25) is 0 Å². The fraction of sp³-hybridized carbons (Fsp3) is 0.688. The first-order chi connectivity index (χ1) is 20.5. The van der Waals surface area contributed by atoms with E-state index in [0.29, 0.717) is 87.4 Å². The molecule has 1 aliphatic carbocycles. The van der Waals surface area contributed by atoms with E-state index in [2.05, 4.69) is 5.32 Å². The van der Waals surface area contributed by atoms with Crippen molar-refractivity contribution in [3.05, 3.63) is 29.8 Å². The smallest absolute Gasteiger partial charge is 0.254 e. The van der Waals surface area contributed by atoms with Crippen molar-refractivity contribution in [2.24, 2.45) is 17.3 Å². The van der Waals surface area contributed by atoms with Gasteiger partial charge in [0.25, 0.3) is 5.91 Å². The van der Waals surface area contributed by atoms with Crippen LogP contribution in [0.3, 0.4) is 0 Å². The van der Waals surface area contributed by atoms with E-state index in [9.17, 15) is 24.4 Å². The fourth-order valence-corrected chi connectivity index (χ4v) is 6.28. The number of nitrogens with one attached hydrogen (secondary N) is 1. The number of piperidine rings is 1. The van der Waals surface area contributed by atoms with Crippen LogP contribution in [0.25, 0.3) is 0 Å². The molecule has 2 N–H and O–H groups in total. The second-order valence-corrected chi connectivity index (χ2v) is 13.2. The number of nitrogens with zero attached hydrogens (tertiary/aromatic N) is 3. The quantitative estimate of drug-likeness (QED) is 0.227. The summed E-state index contributed by atoms with van der Waals surface area (Å²) in [5.74, 6) is 0.0100. The van der Waals surface area contributed by atoms with Crippen LogP contribution in [0, 0.1) is 17.3 Å². The van der Waals surface area contributed by atoms with E-state index >= 15 is 0 Å². The maximum Gasteiger partial charge on any atom is 0.254 e. The Morgan fingerprint density at radius 1 is 1.02 bits per heavy atom. The van der Waals surface area contributed by atoms with Crippen LogP contribution < -0.4 is 10.1 Å². The fourth-order valence-electron chi connectivity index (χ4n) is 6.28. The van der Waals surface area contributed by atoms with Gasteiger partial charge in [0.05, 0.1) is 25.7 Å². The van der Waals surface area contributed by atoms with Crippen LogP contribution in [-0.2, 0) is 19.1 Å². The predicted octanol–water partition coefficient (Wildman–Crippen LogP) is 3.10. The van der Waals surface area contributed by atoms with E-state index < -0.39 is 17.4 Å². The summed E-state index contributed by atoms with van der Waals surface area (Å²) < 4.78 is 11.5. The first kappa shape index (κ1) is 32.7. The zero-order valence-corrected chi connectivity index (χ0v) is 25.8. The first-order valence-corrected chi connectivity index (χ1v) is 15.7. The van der Waals surface area contributed by atoms with Gasteiger partial charge in [-0.3, -0.25) is 24.4 Å². The van der Waals surface area contributed by atoms with Crippen LogP contribution in [-0.4, -0.2) is 102 Å². The van der Waals surface area contributed by atoms with E-state index in [1.165, 1.54) is 0 Å². The second kappa shape index (κ2) is 15.0. The molecule has 4 rings (SSSR count). The number of morpholine rings is 1. The van der Waals surface area contributed by atoms with Crippen molar-refractivity contribution in [3.63, 3.8) is 0 Å². The Kier molecular flexibility index (Phi) is 11.4. The van der Waals surface area contributed by atoms with Gasteiger partial charge in [-0.2, -0.15) is 0 Å². The molecule has 2 aliphatic heterocycles. The highest BCUT2D eigenvalue weighted by Crippen LogP contribution is 2.31. The lowest BCUT2D eigenvalue weighted by Gasteiger charge is -2.39. The van der Waals surface area contributed by atoms with Gasteiger partial charge in [-0.1, -0.05) is 46.5 Å². The maximum absolute atomic E-state index is 13.7. The maximum atomic E-state index is 13.7. The first-order valence-electron chi connectivity index (χ1n) is 15.7. The van der Waals surface area contributed by atoms with Crippen molar-refractivity contribution < 1.29 is 33.9 Å². The van der Waals surface area contributed by atoms with Crippen LogP contribution >= 0.6 is 0 Å². The molecule has 0 bridgehead atoms. The zero-order valence-electron chi connectivity index (χ0n) is 25.8. The van der Waals surface area contributed by atoms with Gasteiger partial charge in [0.1, 0.15) is 17.9 Å². The lowest BCUT2D eigenvalue weighted by molar-refractivity contribution is -0.156. The van der Waals surface area contributed by atoms with E-state index in [0.717, 1.165) is 25.7 Å². The van der Waals surface area contributed by atoms with E-state index in [4.69, 9.17) is 9.47 Å². The Hall–Kier alpha value is -3.18. The van der Waals surface area contributed by atoms with Crippen LogP contribution in [0.1, 0.15) is 76.1 Å². The van der Waals surface area contributed by atoms with E-state index in [1.807, 2.05) is 32.9 Å². The van der Waals surface area contributed by atoms with Gasteiger partial charge in [0, 0.05) is 44.6 Å². The Morgan fingerprint density at radius 3 is 2.23 bits per heavy atom. The number of rotatable bonds is 11. The van der Waals surface area contributed by atoms with Gasteiger partial charge >= 0.3 is 0 Å². The van der Waals surface area contributed by atoms with Crippen LogP contribution in [0.4, 0.5) is 0 Å². The molecule has 1 aromatic rings. The molecule has 0 radical (unpaired) electrons. The summed E-state index contributed by atoms with van der Waals surface area (Å²) >= 11 is 0. The molecule has 43 heavy (non-hydrogen) atoms. The number of amides is 4. The standard InChI is InChI=1S/C32H48N4O7/c1-32(2,3)28(33-29(38)25(21-36(41)22-37)20-23-6-4-5-7-23)31(40)34-14-12-27(13-15-34)43-26-10-8-24(9-11-26)30(39)35-16-18-42-19-17-35/h8-11,22-23,25,27-28,41H,4-7,12-21H2,1-3H3,(H,33,38)/t25-,28-/m1/s1. The second-order valence-electron chi connectivity index (χ2n) is 13.2. The summed E-state index contributed by atoms with van der Waals surface area (Å²) in [5, 5.41) is 13.4. The monoisotopic (exact) mass is 600 g/mol. The molecule has 0 spiro atoms. The molecule has 4 amide bonds. The Labute approximate surface area is 254 Å². The summed E-state index contributed by atoms with van der Waals surface area (Å²) in [6.45, 7) is 8.98. The van der Waals surface area contributed by atoms with Crippen LogP contribution in [0.15, 0.2) is 24.3 Å². The Morgan fingerprint density at radius 2 is 1.65 bits per heavy atom. The van der Waals surface area contributed by atoms with Gasteiger partial charge in [-0.25, -0.2) is 5.06 Å². The van der Waals surface area contributed by atoms with Gasteiger partial charge in [-0.05, 0) is 42.0 Å². The SMILES string of the molecule is CC(C)(C)[C@H](NC(=O)[C@H](CC1CCCC1)CN(O)C=O)C(=O)N1CCC(Oc2ccc(C(=O)N3CCOCC3)cc2)CC1. The third kappa shape index (κ3) is 9.15. The van der Waals surface area contributed by atoms with E-state index in [-0.39, 0.29) is 30.4 Å². The third-order valence-corrected chi connectivity index (χ3v) is 8.85. The lowest BCUT2D eigenvalue weighted by Crippen LogP contribution is -2.58. The molecule has 1 saturated carbocycles. The highest BCUT2D eigenvalue weighted by atomic mass is 16.5. The number of benzene rings is 1. The Balaban J connectivity index is 1.31. The number of hydroxylamine groups is 2. The summed E-state index contributed by atoms with van der Waals surface area (Å²) in [5.41, 5.74) is 0.0791. The average molecular weight is 601 g/mol. The van der Waals surface area contributed by atoms with Gasteiger partial charge in [0.15, 0.2) is 0 Å². The molecule has 11 nitrogen and oxygen atoms in total. The lowest BCUT2D eigenvalue weighted by atomic mass is 9.84. The molecule has 2 atom stereocenters. The molecule has 11 heteroatoms. The van der Waals surface area contributed by atoms with Crippen molar-refractivity contribution in [2.45, 2.75) is 77.9 Å². The topological polar surface area (TPSA) is 129 Å². The number of carbonyl (C=O) groups excluding carboxylic acids is 4. The molecule has 2 saturated heterocycles. The van der Waals surface area contributed by atoms with Crippen LogP contribution in [0.5, 0.6) is 5.75 Å². The highest BCUT2D eigenvalue weighted by molar-refractivity contribution is 5.94. The molecule has 0 aromatic heterocycles. The number of hydrogen-bond acceptors (Lipinski definition) is 7. The van der Waals surface area contributed by atoms with Gasteiger partial charge in [-0.15, -0.1) is 0 Å². The zero-order chi connectivity index (χ0) is 31.0. The van der Waals surface area contributed by atoms with Gasteiger partial charge < -0.3 is 24.6 Å². The number of likely N-dealkylation sites (tertiary alicyclic amines) is 1. The van der Waals surface area contributed by atoms with Crippen molar-refractivity contribution in [1.82, 2.24) is 20.2 Å². The molecule has 2 heterocycles. The number of carbonyl (C=O) groups is 4. The minimum atomic E-state index is -0.747. The van der Waals surface area contributed by atoms with Crippen molar-refractivity contribution in [1.29, 1.82) is 0 Å². The summed E-state index contributed by atoms with van der Waals surface area (Å²) in [7, 11) is 0. The van der Waals surface area contributed by atoms with Crippen molar-refractivity contribution >= 4 is 24.1 Å². The molecular formula is C32H48N4O7. The molecule has 1 aromatic carbocycles. The minimum Gasteiger partial charge on any atom is -0.490 e. The number of ether oxygens (including phenoxy) is 2. The normalized spacial score (nSPS) is 19.9. The average Bonchev–Trinajstić information content (AvgIpc) is 3.52. The van der Waals surface area contributed by atoms with Crippen molar-refractivity contribution in [2.75, 3.05) is 45.9 Å². The molecule has 0 unspecified atom stereocenters. The van der Waals surface area contributed by atoms with E-state index in [1.54, 1.807) is 21.9 Å². The summed E-state index contributed by atoms with van der Waals surface area (Å²) in [4.78, 5) is 54.6. The van der Waals surface area contributed by atoms with Crippen molar-refractivity contribution in [3.8, 4) is 5.75 Å². The summed E-state index contributed by atoms with van der Waals surface area (Å²) in [6.07, 6.45) is 6.43. The highest BCUT2D eigenvalue weighted by Gasteiger charge is 2.39. The molecule has 238 valence electrons. The third-order valence-electron chi connectivity index (χ3n) is 8.85. The summed E-state index contributed by atoms with van der Waals surface area (Å²) in [6, 6.07) is 6.46. The minimum absolute atomic E-state index is 0.00977. The predicted molar refractivity (Wildman–Crippen MR) is 159 cm³/mol. The molecule has 3 aliphatic rings. The molecular weight excluding hydrogens is 552 g/mol. The molecule has 3 fully saturated rings. The van der Waals surface area contributed by atoms with Gasteiger partial charge in [0.2, 0.25) is 18.2 Å².